The SMILES string of the molecule is O=C1CCC(N2C(=O)c3ccc(N4C5CC4CN(CC4CCN(c6ccc(C(=C(CCCl)c7ccccc7)c7ccc(O)cc7)cc6)CC4)C5)cc3C2=O)C(=O)N1. The molecule has 6 aliphatic rings. The van der Waals surface area contributed by atoms with Crippen molar-refractivity contribution < 1.29 is 24.3 Å². The zero-order valence-electron chi connectivity index (χ0n) is 31.8. The van der Waals surface area contributed by atoms with Gasteiger partial charge < -0.3 is 14.9 Å². The number of piperidine rings is 3. The number of hydrogen-bond acceptors (Lipinski definition) is 8. The number of phenolic OH excluding ortho intramolecular Hbond substituents is 1. The van der Waals surface area contributed by atoms with Gasteiger partial charge in [-0.05, 0) is 108 Å². The molecule has 0 aliphatic carbocycles. The van der Waals surface area contributed by atoms with E-state index in [0.717, 1.165) is 91.3 Å². The van der Waals surface area contributed by atoms with Gasteiger partial charge in [-0.2, -0.15) is 0 Å². The Morgan fingerprint density at radius 1 is 0.737 bits per heavy atom. The minimum absolute atomic E-state index is 0.102. The summed E-state index contributed by atoms with van der Waals surface area (Å²) in [6.45, 7) is 5.04. The monoisotopic (exact) mass is 783 g/mol. The van der Waals surface area contributed by atoms with E-state index in [1.165, 1.54) is 11.3 Å². The molecule has 4 aromatic carbocycles. The first-order valence-electron chi connectivity index (χ1n) is 20.1. The maximum Gasteiger partial charge on any atom is 0.262 e. The molecule has 0 aromatic heterocycles. The molecule has 10 nitrogen and oxygen atoms in total. The van der Waals surface area contributed by atoms with Crippen molar-refractivity contribution in [2.75, 3.05) is 48.4 Å². The number of phenols is 1. The smallest absolute Gasteiger partial charge is 0.262 e. The van der Waals surface area contributed by atoms with Gasteiger partial charge in [0.25, 0.3) is 11.8 Å². The summed E-state index contributed by atoms with van der Waals surface area (Å²) in [5.41, 5.74) is 8.44. The number of halogens is 1. The van der Waals surface area contributed by atoms with Gasteiger partial charge in [-0.25, -0.2) is 0 Å². The number of allylic oxidation sites excluding steroid dienone is 1. The second kappa shape index (κ2) is 15.5. The molecule has 6 heterocycles. The number of hydrogen-bond donors (Lipinski definition) is 2. The number of nitrogens with zero attached hydrogens (tertiary/aromatic N) is 4. The number of carbonyl (C=O) groups excluding carboxylic acids is 4. The van der Waals surface area contributed by atoms with Crippen molar-refractivity contribution in [3.63, 3.8) is 0 Å². The van der Waals surface area contributed by atoms with Crippen LogP contribution in [0.3, 0.4) is 0 Å². The first-order chi connectivity index (χ1) is 27.7. The van der Waals surface area contributed by atoms with Gasteiger partial charge in [-0.1, -0.05) is 54.6 Å². The Morgan fingerprint density at radius 2 is 1.39 bits per heavy atom. The number of aromatic hydroxyl groups is 1. The molecule has 4 amide bonds. The van der Waals surface area contributed by atoms with Crippen LogP contribution in [-0.2, 0) is 9.59 Å². The molecule has 11 heteroatoms. The maximum atomic E-state index is 13.4. The zero-order valence-corrected chi connectivity index (χ0v) is 32.5. The van der Waals surface area contributed by atoms with E-state index in [2.05, 4.69) is 68.5 Å². The topological polar surface area (TPSA) is 114 Å². The normalized spacial score (nSPS) is 23.0. The number of alkyl halides is 1. The number of benzene rings is 4. The summed E-state index contributed by atoms with van der Waals surface area (Å²) in [7, 11) is 0. The molecule has 292 valence electrons. The van der Waals surface area contributed by atoms with Crippen molar-refractivity contribution in [1.29, 1.82) is 0 Å². The first kappa shape index (κ1) is 37.1. The van der Waals surface area contributed by atoms with Gasteiger partial charge in [-0.15, -0.1) is 11.6 Å². The van der Waals surface area contributed by atoms with Crippen LogP contribution in [-0.4, -0.2) is 95.3 Å². The molecule has 6 aliphatic heterocycles. The van der Waals surface area contributed by atoms with E-state index < -0.39 is 23.8 Å². The molecular formula is C46H46ClN5O5. The van der Waals surface area contributed by atoms with E-state index in [0.29, 0.717) is 35.0 Å². The average molecular weight is 784 g/mol. The fourth-order valence-electron chi connectivity index (χ4n) is 9.76. The van der Waals surface area contributed by atoms with Crippen LogP contribution in [0.25, 0.3) is 11.1 Å². The summed E-state index contributed by atoms with van der Waals surface area (Å²) >= 11 is 6.36. The van der Waals surface area contributed by atoms with Crippen LogP contribution in [0.5, 0.6) is 5.75 Å². The summed E-state index contributed by atoms with van der Waals surface area (Å²) in [5.74, 6) is -0.536. The number of fused-ring (bicyclic) bond motifs is 3. The highest BCUT2D eigenvalue weighted by molar-refractivity contribution is 6.24. The lowest BCUT2D eigenvalue weighted by atomic mass is 9.85. The third-order valence-corrected chi connectivity index (χ3v) is 12.8. The lowest BCUT2D eigenvalue weighted by Gasteiger charge is -2.58. The number of amides is 4. The Balaban J connectivity index is 0.819. The number of carbonyl (C=O) groups is 4. The molecule has 57 heavy (non-hydrogen) atoms. The van der Waals surface area contributed by atoms with Crippen LogP contribution < -0.4 is 15.1 Å². The minimum atomic E-state index is -0.962. The molecule has 5 saturated heterocycles. The summed E-state index contributed by atoms with van der Waals surface area (Å²) in [6, 6.07) is 32.0. The quantitative estimate of drug-likeness (QED) is 0.106. The molecule has 3 atom stereocenters. The van der Waals surface area contributed by atoms with E-state index in [1.54, 1.807) is 18.2 Å². The van der Waals surface area contributed by atoms with E-state index in [-0.39, 0.29) is 24.5 Å². The van der Waals surface area contributed by atoms with Crippen molar-refractivity contribution >= 4 is 57.8 Å². The fourth-order valence-corrected chi connectivity index (χ4v) is 9.94. The van der Waals surface area contributed by atoms with Crippen molar-refractivity contribution in [3.05, 3.63) is 125 Å². The standard InChI is InChI=1S/C46H46ClN5O5/c47-21-18-38(30-4-2-1-3-5-30)43(32-8-13-37(53)14-9-32)31-6-10-33(11-7-31)50-22-19-29(20-23-50)26-49-27-35-24-36(28-49)51(35)34-12-15-39-40(25-34)46(57)52(45(39)56)41-16-17-42(54)48-44(41)55/h1-15,25,29,35-36,41,53H,16-24,26-28H2,(H,48,54,55). The largest absolute Gasteiger partial charge is 0.508 e. The number of rotatable bonds is 10. The second-order valence-corrected chi connectivity index (χ2v) is 16.4. The Hall–Kier alpha value is -5.45. The highest BCUT2D eigenvalue weighted by Crippen LogP contribution is 2.41. The third kappa shape index (κ3) is 7.10. The second-order valence-electron chi connectivity index (χ2n) is 16.0. The van der Waals surface area contributed by atoms with Crippen LogP contribution in [0.2, 0.25) is 0 Å². The Labute approximate surface area is 337 Å². The van der Waals surface area contributed by atoms with Crippen molar-refractivity contribution in [2.24, 2.45) is 5.92 Å². The molecule has 0 saturated carbocycles. The molecule has 2 N–H and O–H groups in total. The van der Waals surface area contributed by atoms with E-state index in [4.69, 9.17) is 11.6 Å². The summed E-state index contributed by atoms with van der Waals surface area (Å²) in [6.07, 6.45) is 4.35. The van der Waals surface area contributed by atoms with Crippen molar-refractivity contribution in [3.8, 4) is 5.75 Å². The van der Waals surface area contributed by atoms with Crippen LogP contribution in [0.1, 0.15) is 75.9 Å². The van der Waals surface area contributed by atoms with Gasteiger partial charge >= 0.3 is 0 Å². The van der Waals surface area contributed by atoms with Crippen LogP contribution in [0, 0.1) is 5.92 Å². The third-order valence-electron chi connectivity index (χ3n) is 12.6. The van der Waals surface area contributed by atoms with Gasteiger partial charge in [0.05, 0.1) is 11.1 Å². The van der Waals surface area contributed by atoms with E-state index >= 15 is 0 Å². The minimum Gasteiger partial charge on any atom is -0.508 e. The number of piperazine rings is 1. The van der Waals surface area contributed by atoms with E-state index in [1.807, 2.05) is 30.3 Å². The maximum absolute atomic E-state index is 13.4. The van der Waals surface area contributed by atoms with Gasteiger partial charge in [0.1, 0.15) is 11.8 Å². The van der Waals surface area contributed by atoms with Gasteiger partial charge in [0.15, 0.2) is 0 Å². The van der Waals surface area contributed by atoms with Gasteiger partial charge in [-0.3, -0.25) is 34.3 Å². The lowest BCUT2D eigenvalue weighted by molar-refractivity contribution is -0.136. The lowest BCUT2D eigenvalue weighted by Crippen LogP contribution is -2.69. The fraction of sp³-hybridized carbons (Fsp3) is 0.348. The highest BCUT2D eigenvalue weighted by Gasteiger charge is 2.48. The zero-order chi connectivity index (χ0) is 39.2. The van der Waals surface area contributed by atoms with Crippen molar-refractivity contribution in [1.82, 2.24) is 15.1 Å². The molecule has 0 radical (unpaired) electrons. The predicted molar refractivity (Wildman–Crippen MR) is 221 cm³/mol. The van der Waals surface area contributed by atoms with Crippen molar-refractivity contribution in [2.45, 2.75) is 56.7 Å². The molecule has 3 unspecified atom stereocenters. The molecule has 10 rings (SSSR count). The Kier molecular flexibility index (Phi) is 10.1. The van der Waals surface area contributed by atoms with E-state index in [9.17, 15) is 24.3 Å². The molecule has 4 aromatic rings. The summed E-state index contributed by atoms with van der Waals surface area (Å²) < 4.78 is 0. The van der Waals surface area contributed by atoms with Gasteiger partial charge in [0.2, 0.25) is 11.8 Å². The van der Waals surface area contributed by atoms with Crippen LogP contribution in [0.15, 0.2) is 97.1 Å². The Bertz CT molecular complexity index is 2220. The number of imide groups is 2. The molecule has 0 spiro atoms. The number of anilines is 2. The predicted octanol–water partition coefficient (Wildman–Crippen LogP) is 6.56. The highest BCUT2D eigenvalue weighted by atomic mass is 35.5. The molecule has 2 bridgehead atoms. The molecular weight excluding hydrogens is 738 g/mol. The molecule has 5 fully saturated rings. The van der Waals surface area contributed by atoms with Crippen LogP contribution >= 0.6 is 11.6 Å². The average Bonchev–Trinajstić information content (AvgIpc) is 3.47. The summed E-state index contributed by atoms with van der Waals surface area (Å²) in [4.78, 5) is 59.4. The first-order valence-corrected chi connectivity index (χ1v) is 20.6. The summed E-state index contributed by atoms with van der Waals surface area (Å²) in [5, 5.41) is 12.3. The van der Waals surface area contributed by atoms with Crippen LogP contribution in [0.4, 0.5) is 11.4 Å². The number of nitrogens with one attached hydrogen (secondary N) is 1. The van der Waals surface area contributed by atoms with Gasteiger partial charge in [0, 0.05) is 68.5 Å². The Morgan fingerprint density at radius 3 is 2.05 bits per heavy atom.